The van der Waals surface area contributed by atoms with Crippen molar-refractivity contribution >= 4 is 12.4 Å². The van der Waals surface area contributed by atoms with Crippen LogP contribution in [0.4, 0.5) is 4.39 Å². The molecule has 2 rings (SSSR count). The number of hydrogen-bond donors (Lipinski definition) is 1. The van der Waals surface area contributed by atoms with Crippen LogP contribution in [0.25, 0.3) is 6.08 Å². The average molecular weight is 177 g/mol. The molecule has 0 aliphatic carbocycles. The number of fused-ring (bicyclic) bond motifs is 1. The molecule has 0 fully saturated rings. The van der Waals surface area contributed by atoms with E-state index in [9.17, 15) is 9.18 Å². The summed E-state index contributed by atoms with van der Waals surface area (Å²) in [4.78, 5) is 10.6. The monoisotopic (exact) mass is 177 g/mol. The van der Waals surface area contributed by atoms with E-state index in [1.165, 1.54) is 6.20 Å². The van der Waals surface area contributed by atoms with Crippen LogP contribution in [0, 0.1) is 0 Å². The van der Waals surface area contributed by atoms with Crippen LogP contribution in [0.2, 0.25) is 0 Å². The van der Waals surface area contributed by atoms with Crippen LogP contribution in [0.3, 0.4) is 0 Å². The van der Waals surface area contributed by atoms with Gasteiger partial charge in [0.05, 0.1) is 0 Å². The van der Waals surface area contributed by atoms with Crippen molar-refractivity contribution in [2.24, 2.45) is 0 Å². The SMILES string of the molecule is O=CC1(F)NC=Cc2ccccc21. The number of aldehydes is 1. The minimum atomic E-state index is -2.06. The van der Waals surface area contributed by atoms with Gasteiger partial charge in [-0.05, 0) is 11.6 Å². The molecule has 1 unspecified atom stereocenters. The molecule has 66 valence electrons. The van der Waals surface area contributed by atoms with Crippen molar-refractivity contribution in [3.63, 3.8) is 0 Å². The highest BCUT2D eigenvalue weighted by Gasteiger charge is 2.33. The Bertz CT molecular complexity index is 375. The van der Waals surface area contributed by atoms with Gasteiger partial charge in [0.15, 0.2) is 6.29 Å². The van der Waals surface area contributed by atoms with E-state index >= 15 is 0 Å². The first kappa shape index (κ1) is 7.98. The first-order valence-electron chi connectivity index (χ1n) is 3.95. The van der Waals surface area contributed by atoms with Crippen molar-refractivity contribution in [1.82, 2.24) is 5.32 Å². The Kier molecular flexibility index (Phi) is 1.65. The van der Waals surface area contributed by atoms with Gasteiger partial charge in [-0.1, -0.05) is 24.3 Å². The third-order valence-corrected chi connectivity index (χ3v) is 2.07. The van der Waals surface area contributed by atoms with Crippen LogP contribution in [0.15, 0.2) is 30.5 Å². The van der Waals surface area contributed by atoms with Crippen molar-refractivity contribution in [2.75, 3.05) is 0 Å². The van der Waals surface area contributed by atoms with E-state index in [0.717, 1.165) is 5.56 Å². The first-order chi connectivity index (χ1) is 6.26. The van der Waals surface area contributed by atoms with E-state index in [-0.39, 0.29) is 6.29 Å². The Morgan fingerprint density at radius 3 is 2.92 bits per heavy atom. The normalized spacial score (nSPS) is 24.7. The van der Waals surface area contributed by atoms with Gasteiger partial charge in [-0.2, -0.15) is 0 Å². The second kappa shape index (κ2) is 2.69. The third-order valence-electron chi connectivity index (χ3n) is 2.07. The first-order valence-corrected chi connectivity index (χ1v) is 3.95. The summed E-state index contributed by atoms with van der Waals surface area (Å²) in [7, 11) is 0. The molecule has 0 radical (unpaired) electrons. The predicted octanol–water partition coefficient (Wildman–Crippen LogP) is 1.58. The second-order valence-electron chi connectivity index (χ2n) is 2.89. The van der Waals surface area contributed by atoms with E-state index in [2.05, 4.69) is 5.32 Å². The van der Waals surface area contributed by atoms with Crippen LogP contribution >= 0.6 is 0 Å². The quantitative estimate of drug-likeness (QED) is 0.521. The standard InChI is InChI=1S/C10H8FNO/c11-10(7-13)9-4-2-1-3-8(9)5-6-12-10/h1-7,12H. The van der Waals surface area contributed by atoms with Gasteiger partial charge >= 0.3 is 0 Å². The zero-order chi connectivity index (χ0) is 9.31. The van der Waals surface area contributed by atoms with Gasteiger partial charge in [-0.25, -0.2) is 4.39 Å². The van der Waals surface area contributed by atoms with E-state index < -0.39 is 5.79 Å². The lowest BCUT2D eigenvalue weighted by atomic mass is 9.97. The summed E-state index contributed by atoms with van der Waals surface area (Å²) >= 11 is 0. The molecule has 1 aliphatic heterocycles. The number of rotatable bonds is 1. The highest BCUT2D eigenvalue weighted by molar-refractivity contribution is 5.72. The molecule has 1 heterocycles. The highest BCUT2D eigenvalue weighted by atomic mass is 19.1. The summed E-state index contributed by atoms with van der Waals surface area (Å²) in [5, 5.41) is 2.39. The van der Waals surface area contributed by atoms with Gasteiger partial charge in [-0.15, -0.1) is 0 Å². The number of alkyl halides is 1. The molecule has 1 aromatic carbocycles. The van der Waals surface area contributed by atoms with Gasteiger partial charge in [0.25, 0.3) is 5.79 Å². The maximum Gasteiger partial charge on any atom is 0.262 e. The van der Waals surface area contributed by atoms with Crippen molar-refractivity contribution in [2.45, 2.75) is 5.79 Å². The summed E-state index contributed by atoms with van der Waals surface area (Å²) in [6.07, 6.45) is 3.45. The molecule has 0 amide bonds. The zero-order valence-corrected chi connectivity index (χ0v) is 6.83. The maximum absolute atomic E-state index is 13.8. The number of halogens is 1. The summed E-state index contributed by atoms with van der Waals surface area (Å²) in [6.45, 7) is 0. The Hall–Kier alpha value is -1.64. The highest BCUT2D eigenvalue weighted by Crippen LogP contribution is 2.28. The fourth-order valence-electron chi connectivity index (χ4n) is 1.40. The molecule has 1 N–H and O–H groups in total. The van der Waals surface area contributed by atoms with Crippen LogP contribution in [-0.4, -0.2) is 6.29 Å². The molecule has 1 atom stereocenters. The number of carbonyl (C=O) groups is 1. The van der Waals surface area contributed by atoms with Crippen LogP contribution in [0.5, 0.6) is 0 Å². The minimum Gasteiger partial charge on any atom is -0.350 e. The molecule has 0 bridgehead atoms. The molecular formula is C10H8FNO. The number of carbonyl (C=O) groups excluding carboxylic acids is 1. The molecule has 1 aromatic rings. The van der Waals surface area contributed by atoms with Gasteiger partial charge in [0.1, 0.15) is 0 Å². The maximum atomic E-state index is 13.8. The number of hydrogen-bond acceptors (Lipinski definition) is 2. The van der Waals surface area contributed by atoms with Crippen LogP contribution in [0.1, 0.15) is 11.1 Å². The molecule has 2 nitrogen and oxygen atoms in total. The molecule has 0 spiro atoms. The molecule has 13 heavy (non-hydrogen) atoms. The van der Waals surface area contributed by atoms with E-state index in [0.29, 0.717) is 5.56 Å². The molecule has 3 heteroatoms. The fraction of sp³-hybridized carbons (Fsp3) is 0.100. The fourth-order valence-corrected chi connectivity index (χ4v) is 1.40. The van der Waals surface area contributed by atoms with Gasteiger partial charge in [0.2, 0.25) is 0 Å². The molecule has 0 saturated heterocycles. The lowest BCUT2D eigenvalue weighted by Crippen LogP contribution is -2.38. The molecule has 0 saturated carbocycles. The van der Waals surface area contributed by atoms with Crippen molar-refractivity contribution in [3.8, 4) is 0 Å². The third kappa shape index (κ3) is 1.13. The van der Waals surface area contributed by atoms with Gasteiger partial charge < -0.3 is 5.32 Å². The lowest BCUT2D eigenvalue weighted by Gasteiger charge is -2.24. The summed E-state index contributed by atoms with van der Waals surface area (Å²) in [5.74, 6) is -2.06. The molecular weight excluding hydrogens is 169 g/mol. The molecule has 0 aromatic heterocycles. The Morgan fingerprint density at radius 2 is 2.15 bits per heavy atom. The van der Waals surface area contributed by atoms with Crippen molar-refractivity contribution < 1.29 is 9.18 Å². The van der Waals surface area contributed by atoms with Crippen molar-refractivity contribution in [1.29, 1.82) is 0 Å². The zero-order valence-electron chi connectivity index (χ0n) is 6.83. The topological polar surface area (TPSA) is 29.1 Å². The van der Waals surface area contributed by atoms with E-state index in [1.807, 2.05) is 0 Å². The Balaban J connectivity index is 2.61. The van der Waals surface area contributed by atoms with Gasteiger partial charge in [-0.3, -0.25) is 4.79 Å². The van der Waals surface area contributed by atoms with Crippen molar-refractivity contribution in [3.05, 3.63) is 41.6 Å². The smallest absolute Gasteiger partial charge is 0.262 e. The summed E-state index contributed by atoms with van der Waals surface area (Å²) < 4.78 is 13.8. The Morgan fingerprint density at radius 1 is 1.38 bits per heavy atom. The van der Waals surface area contributed by atoms with Crippen LogP contribution in [-0.2, 0) is 10.6 Å². The lowest BCUT2D eigenvalue weighted by molar-refractivity contribution is -0.119. The predicted molar refractivity (Wildman–Crippen MR) is 47.5 cm³/mol. The Labute approximate surface area is 75.1 Å². The van der Waals surface area contributed by atoms with Gasteiger partial charge in [0, 0.05) is 11.8 Å². The second-order valence-corrected chi connectivity index (χ2v) is 2.89. The average Bonchev–Trinajstić information content (AvgIpc) is 2.19. The van der Waals surface area contributed by atoms with E-state index in [1.54, 1.807) is 30.3 Å². The number of nitrogens with one attached hydrogen (secondary N) is 1. The largest absolute Gasteiger partial charge is 0.350 e. The summed E-state index contributed by atoms with van der Waals surface area (Å²) in [6, 6.07) is 6.88. The van der Waals surface area contributed by atoms with E-state index in [4.69, 9.17) is 0 Å². The minimum absolute atomic E-state index is 0.273. The van der Waals surface area contributed by atoms with Crippen LogP contribution < -0.4 is 5.32 Å². The summed E-state index contributed by atoms with van der Waals surface area (Å²) in [5.41, 5.74) is 1.10. The molecule has 1 aliphatic rings. The number of benzene rings is 1.